The Morgan fingerprint density at radius 2 is 2.10 bits per heavy atom. The Balaban J connectivity index is 2.51. The molecule has 0 radical (unpaired) electrons. The second kappa shape index (κ2) is 6.47. The number of nitrogens with one attached hydrogen (secondary N) is 1. The molecule has 1 N–H and O–H groups in total. The Bertz CT molecular complexity index is 538. The van der Waals surface area contributed by atoms with Crippen molar-refractivity contribution in [2.75, 3.05) is 13.7 Å². The largest absolute Gasteiger partial charge is 0.493 e. The third-order valence-electron chi connectivity index (χ3n) is 3.13. The van der Waals surface area contributed by atoms with E-state index in [2.05, 4.69) is 41.4 Å². The number of nitrogens with zero attached hydrogens (tertiary/aromatic N) is 4. The van der Waals surface area contributed by atoms with Gasteiger partial charge in [0.1, 0.15) is 5.69 Å². The van der Waals surface area contributed by atoms with Crippen LogP contribution in [0.4, 0.5) is 0 Å². The smallest absolute Gasteiger partial charge is 0.161 e. The summed E-state index contributed by atoms with van der Waals surface area (Å²) in [6.07, 6.45) is 5.22. The lowest BCUT2D eigenvalue weighted by molar-refractivity contribution is 0.394. The summed E-state index contributed by atoms with van der Waals surface area (Å²) < 4.78 is 7.44. The molecule has 2 heterocycles. The first-order chi connectivity index (χ1) is 9.69. The molecule has 108 valence electrons. The van der Waals surface area contributed by atoms with Crippen LogP contribution in [0.3, 0.4) is 0 Å². The van der Waals surface area contributed by atoms with Gasteiger partial charge in [0.2, 0.25) is 0 Å². The summed E-state index contributed by atoms with van der Waals surface area (Å²) in [7, 11) is 1.67. The predicted molar refractivity (Wildman–Crippen MR) is 76.7 cm³/mol. The summed E-state index contributed by atoms with van der Waals surface area (Å²) in [5, 5.41) is 15.7. The lowest BCUT2D eigenvalue weighted by Gasteiger charge is -2.22. The molecule has 6 nitrogen and oxygen atoms in total. The van der Waals surface area contributed by atoms with E-state index >= 15 is 0 Å². The van der Waals surface area contributed by atoms with Gasteiger partial charge in [0.05, 0.1) is 25.5 Å². The van der Waals surface area contributed by atoms with Crippen LogP contribution in [0.2, 0.25) is 0 Å². The molecule has 0 saturated carbocycles. The fourth-order valence-corrected chi connectivity index (χ4v) is 2.25. The van der Waals surface area contributed by atoms with Gasteiger partial charge in [0, 0.05) is 12.2 Å². The lowest BCUT2D eigenvalue weighted by atomic mass is 10.1. The molecule has 0 saturated heterocycles. The average molecular weight is 275 g/mol. The van der Waals surface area contributed by atoms with Crippen molar-refractivity contribution in [1.82, 2.24) is 25.3 Å². The van der Waals surface area contributed by atoms with Gasteiger partial charge < -0.3 is 10.1 Å². The van der Waals surface area contributed by atoms with Crippen LogP contribution in [-0.4, -0.2) is 33.6 Å². The van der Waals surface area contributed by atoms with Gasteiger partial charge in [-0.25, -0.2) is 0 Å². The summed E-state index contributed by atoms with van der Waals surface area (Å²) in [4.78, 5) is 0. The molecule has 2 aromatic rings. The van der Waals surface area contributed by atoms with Crippen molar-refractivity contribution in [3.05, 3.63) is 35.9 Å². The molecule has 2 aromatic heterocycles. The van der Waals surface area contributed by atoms with E-state index in [9.17, 15) is 0 Å². The van der Waals surface area contributed by atoms with Crippen LogP contribution in [0.1, 0.15) is 44.1 Å². The van der Waals surface area contributed by atoms with E-state index in [1.165, 1.54) is 0 Å². The second-order valence-electron chi connectivity index (χ2n) is 4.80. The van der Waals surface area contributed by atoms with Crippen molar-refractivity contribution < 1.29 is 4.74 Å². The zero-order chi connectivity index (χ0) is 14.5. The van der Waals surface area contributed by atoms with Crippen LogP contribution >= 0.6 is 0 Å². The monoisotopic (exact) mass is 275 g/mol. The number of rotatable bonds is 6. The van der Waals surface area contributed by atoms with Gasteiger partial charge >= 0.3 is 0 Å². The van der Waals surface area contributed by atoms with Crippen molar-refractivity contribution >= 4 is 0 Å². The fraction of sp³-hybridized carbons (Fsp3) is 0.500. The van der Waals surface area contributed by atoms with Gasteiger partial charge in [-0.05, 0) is 32.0 Å². The number of hydrogen-bond donors (Lipinski definition) is 1. The van der Waals surface area contributed by atoms with Gasteiger partial charge in [0.15, 0.2) is 5.75 Å². The maximum absolute atomic E-state index is 5.47. The number of ether oxygens (including phenoxy) is 1. The standard InChI is InChI=1S/C14H21N5O/c1-5-15-13(11-6-7-16-17-8-11)14-12(20-4)9-18-19(14)10(2)3/h6-10,13,15H,5H2,1-4H3. The van der Waals surface area contributed by atoms with Crippen LogP contribution in [-0.2, 0) is 0 Å². The minimum Gasteiger partial charge on any atom is -0.493 e. The first-order valence-corrected chi connectivity index (χ1v) is 6.80. The molecule has 20 heavy (non-hydrogen) atoms. The van der Waals surface area contributed by atoms with Gasteiger partial charge in [0.25, 0.3) is 0 Å². The Hall–Kier alpha value is -1.95. The molecular weight excluding hydrogens is 254 g/mol. The van der Waals surface area contributed by atoms with Crippen molar-refractivity contribution in [1.29, 1.82) is 0 Å². The number of hydrogen-bond acceptors (Lipinski definition) is 5. The fourth-order valence-electron chi connectivity index (χ4n) is 2.25. The van der Waals surface area contributed by atoms with Crippen molar-refractivity contribution in [3.63, 3.8) is 0 Å². The highest BCUT2D eigenvalue weighted by Gasteiger charge is 2.24. The summed E-state index contributed by atoms with van der Waals surface area (Å²) >= 11 is 0. The maximum Gasteiger partial charge on any atom is 0.161 e. The zero-order valence-corrected chi connectivity index (χ0v) is 12.4. The Labute approximate surface area is 119 Å². The molecule has 0 spiro atoms. The van der Waals surface area contributed by atoms with Crippen LogP contribution in [0.25, 0.3) is 0 Å². The van der Waals surface area contributed by atoms with Crippen LogP contribution < -0.4 is 10.1 Å². The highest BCUT2D eigenvalue weighted by atomic mass is 16.5. The summed E-state index contributed by atoms with van der Waals surface area (Å²) in [6, 6.07) is 2.19. The maximum atomic E-state index is 5.47. The number of methoxy groups -OCH3 is 1. The molecule has 0 aromatic carbocycles. The Kier molecular flexibility index (Phi) is 4.68. The lowest BCUT2D eigenvalue weighted by Crippen LogP contribution is -2.26. The van der Waals surface area contributed by atoms with Gasteiger partial charge in [-0.1, -0.05) is 6.92 Å². The molecule has 0 bridgehead atoms. The highest BCUT2D eigenvalue weighted by Crippen LogP contribution is 2.31. The SMILES string of the molecule is CCNC(c1ccnnc1)c1c(OC)cnn1C(C)C. The molecule has 0 aliphatic rings. The summed E-state index contributed by atoms with van der Waals surface area (Å²) in [5.74, 6) is 0.779. The van der Waals surface area contributed by atoms with E-state index in [1.807, 2.05) is 10.7 Å². The molecule has 0 fully saturated rings. The Morgan fingerprint density at radius 3 is 2.65 bits per heavy atom. The van der Waals surface area contributed by atoms with E-state index in [-0.39, 0.29) is 12.1 Å². The van der Waals surface area contributed by atoms with Gasteiger partial charge in [-0.3, -0.25) is 4.68 Å². The molecule has 0 aliphatic carbocycles. The normalized spacial score (nSPS) is 12.7. The predicted octanol–water partition coefficient (Wildman–Crippen LogP) is 1.96. The van der Waals surface area contributed by atoms with Crippen molar-refractivity contribution in [2.24, 2.45) is 0 Å². The average Bonchev–Trinajstić information content (AvgIpc) is 2.89. The number of aromatic nitrogens is 4. The van der Waals surface area contributed by atoms with Crippen LogP contribution in [0.5, 0.6) is 5.75 Å². The topological polar surface area (TPSA) is 64.9 Å². The van der Waals surface area contributed by atoms with Crippen LogP contribution in [0, 0.1) is 0 Å². The highest BCUT2D eigenvalue weighted by molar-refractivity contribution is 5.35. The van der Waals surface area contributed by atoms with E-state index < -0.39 is 0 Å². The van der Waals surface area contributed by atoms with E-state index in [1.54, 1.807) is 25.7 Å². The third-order valence-corrected chi connectivity index (χ3v) is 3.13. The molecule has 1 atom stereocenters. The first kappa shape index (κ1) is 14.5. The molecule has 0 aliphatic heterocycles. The molecular formula is C14H21N5O. The summed E-state index contributed by atoms with van der Waals surface area (Å²) in [6.45, 7) is 7.11. The molecule has 1 unspecified atom stereocenters. The second-order valence-corrected chi connectivity index (χ2v) is 4.80. The minimum absolute atomic E-state index is 0.0182. The van der Waals surface area contributed by atoms with Gasteiger partial charge in [-0.15, -0.1) is 0 Å². The molecule has 0 amide bonds. The molecule has 6 heteroatoms. The van der Waals surface area contributed by atoms with Crippen molar-refractivity contribution in [3.8, 4) is 5.75 Å². The van der Waals surface area contributed by atoms with Crippen molar-refractivity contribution in [2.45, 2.75) is 32.9 Å². The zero-order valence-electron chi connectivity index (χ0n) is 12.4. The summed E-state index contributed by atoms with van der Waals surface area (Å²) in [5.41, 5.74) is 2.06. The van der Waals surface area contributed by atoms with Crippen LogP contribution in [0.15, 0.2) is 24.7 Å². The van der Waals surface area contributed by atoms with E-state index in [4.69, 9.17) is 4.74 Å². The quantitative estimate of drug-likeness (QED) is 0.873. The minimum atomic E-state index is -0.0182. The molecule has 2 rings (SSSR count). The van der Waals surface area contributed by atoms with Gasteiger partial charge in [-0.2, -0.15) is 15.3 Å². The van der Waals surface area contributed by atoms with E-state index in [0.29, 0.717) is 0 Å². The first-order valence-electron chi connectivity index (χ1n) is 6.80. The Morgan fingerprint density at radius 1 is 1.30 bits per heavy atom. The van der Waals surface area contributed by atoms with E-state index in [0.717, 1.165) is 23.6 Å². The third kappa shape index (κ3) is 2.80.